The number of likely N-dealkylation sites (tertiary alicyclic amines) is 1. The Morgan fingerprint density at radius 1 is 1.00 bits per heavy atom. The number of benzene rings is 1. The van der Waals surface area contributed by atoms with Gasteiger partial charge < -0.3 is 15.0 Å². The molecule has 1 aromatic carbocycles. The van der Waals surface area contributed by atoms with Crippen LogP contribution in [0, 0.1) is 29.4 Å². The third-order valence-corrected chi connectivity index (χ3v) is 7.33. The number of nitrogens with one attached hydrogen (secondary N) is 1. The maximum atomic E-state index is 14.1. The Balaban J connectivity index is 1.26. The van der Waals surface area contributed by atoms with Gasteiger partial charge in [0.05, 0.1) is 5.69 Å². The van der Waals surface area contributed by atoms with Crippen LogP contribution in [0.5, 0.6) is 0 Å². The van der Waals surface area contributed by atoms with E-state index in [9.17, 15) is 22.0 Å². The van der Waals surface area contributed by atoms with Crippen LogP contribution in [-0.2, 0) is 10.9 Å². The Hall–Kier alpha value is -2.33. The Bertz CT molecular complexity index is 1010. The van der Waals surface area contributed by atoms with Gasteiger partial charge in [0.1, 0.15) is 17.2 Å². The van der Waals surface area contributed by atoms with Gasteiger partial charge in [0.2, 0.25) is 0 Å². The molecule has 1 aliphatic carbocycles. The zero-order valence-electron chi connectivity index (χ0n) is 18.6. The molecule has 3 aliphatic rings. The van der Waals surface area contributed by atoms with Crippen molar-refractivity contribution in [2.24, 2.45) is 17.8 Å². The van der Waals surface area contributed by atoms with Crippen molar-refractivity contribution in [3.63, 3.8) is 0 Å². The lowest BCUT2D eigenvalue weighted by Crippen LogP contribution is -2.32. The molecule has 3 atom stereocenters. The fourth-order valence-corrected chi connectivity index (χ4v) is 5.69. The monoisotopic (exact) mass is 482 g/mol. The number of halogens is 5. The van der Waals surface area contributed by atoms with Crippen LogP contribution in [0.1, 0.15) is 31.2 Å². The molecule has 0 radical (unpaired) electrons. The van der Waals surface area contributed by atoms with Crippen LogP contribution < -0.4 is 5.32 Å². The number of nitrogens with zero attached hydrogens (tertiary/aromatic N) is 3. The summed E-state index contributed by atoms with van der Waals surface area (Å²) in [4.78, 5) is 2.49. The Labute approximate surface area is 194 Å². The minimum atomic E-state index is -4.72. The summed E-state index contributed by atoms with van der Waals surface area (Å²) >= 11 is 0. The Kier molecular flexibility index (Phi) is 6.45. The molecule has 1 aromatic heterocycles. The highest BCUT2D eigenvalue weighted by atomic mass is 19.4. The molecule has 0 spiro atoms. The van der Waals surface area contributed by atoms with Gasteiger partial charge in [-0.25, -0.2) is 8.78 Å². The summed E-state index contributed by atoms with van der Waals surface area (Å²) in [6.07, 6.45) is -0.997. The first kappa shape index (κ1) is 23.4. The van der Waals surface area contributed by atoms with E-state index in [1.807, 2.05) is 0 Å². The second kappa shape index (κ2) is 9.37. The molecule has 5 rings (SSSR count). The number of alkyl halides is 3. The van der Waals surface area contributed by atoms with E-state index >= 15 is 0 Å². The normalized spacial score (nSPS) is 26.1. The highest BCUT2D eigenvalue weighted by Crippen LogP contribution is 2.42. The van der Waals surface area contributed by atoms with Gasteiger partial charge in [-0.15, -0.1) is 10.2 Å². The van der Waals surface area contributed by atoms with Gasteiger partial charge in [0.15, 0.2) is 5.82 Å². The molecule has 2 saturated heterocycles. The zero-order chi connectivity index (χ0) is 23.9. The van der Waals surface area contributed by atoms with Crippen molar-refractivity contribution in [2.75, 3.05) is 38.2 Å². The van der Waals surface area contributed by atoms with E-state index in [1.165, 1.54) is 0 Å². The first-order chi connectivity index (χ1) is 16.3. The Morgan fingerprint density at radius 3 is 2.38 bits per heavy atom. The lowest BCUT2D eigenvalue weighted by Gasteiger charge is -2.28. The highest BCUT2D eigenvalue weighted by Gasteiger charge is 2.43. The lowest BCUT2D eigenvalue weighted by atomic mass is 10.00. The van der Waals surface area contributed by atoms with Gasteiger partial charge >= 0.3 is 6.18 Å². The van der Waals surface area contributed by atoms with Crippen molar-refractivity contribution >= 4 is 5.82 Å². The first-order valence-corrected chi connectivity index (χ1v) is 11.7. The minimum Gasteiger partial charge on any atom is -0.381 e. The lowest BCUT2D eigenvalue weighted by molar-refractivity contribution is -0.137. The first-order valence-electron chi connectivity index (χ1n) is 11.7. The van der Waals surface area contributed by atoms with Gasteiger partial charge in [-0.05, 0) is 67.7 Å². The molecule has 0 unspecified atom stereocenters. The van der Waals surface area contributed by atoms with Gasteiger partial charge in [-0.3, -0.25) is 0 Å². The molecule has 184 valence electrons. The number of rotatable bonds is 5. The molecule has 5 nitrogen and oxygen atoms in total. The van der Waals surface area contributed by atoms with Crippen LogP contribution in [0.15, 0.2) is 24.3 Å². The van der Waals surface area contributed by atoms with E-state index in [-0.39, 0.29) is 23.1 Å². The van der Waals surface area contributed by atoms with Crippen molar-refractivity contribution in [1.82, 2.24) is 15.1 Å². The quantitative estimate of drug-likeness (QED) is 0.609. The van der Waals surface area contributed by atoms with Crippen LogP contribution in [0.3, 0.4) is 0 Å². The number of fused-ring (bicyclic) bond motifs is 1. The number of anilines is 1. The maximum Gasteiger partial charge on any atom is 0.420 e. The third kappa shape index (κ3) is 5.02. The molecule has 0 amide bonds. The molecule has 3 heterocycles. The molecular weight excluding hydrogens is 455 g/mol. The summed E-state index contributed by atoms with van der Waals surface area (Å²) in [5.41, 5.74) is -1.74. The number of aromatic nitrogens is 2. The van der Waals surface area contributed by atoms with Gasteiger partial charge in [-0.2, -0.15) is 13.2 Å². The van der Waals surface area contributed by atoms with Crippen LogP contribution in [-0.4, -0.2) is 54.0 Å². The van der Waals surface area contributed by atoms with Crippen molar-refractivity contribution in [2.45, 2.75) is 37.9 Å². The predicted octanol–water partition coefficient (Wildman–Crippen LogP) is 4.99. The summed E-state index contributed by atoms with van der Waals surface area (Å²) in [7, 11) is 0. The molecule has 1 saturated carbocycles. The molecule has 2 aromatic rings. The average molecular weight is 482 g/mol. The summed E-state index contributed by atoms with van der Waals surface area (Å²) in [5, 5.41) is 10.5. The molecule has 0 bridgehead atoms. The van der Waals surface area contributed by atoms with Crippen LogP contribution in [0.4, 0.5) is 27.8 Å². The van der Waals surface area contributed by atoms with Crippen molar-refractivity contribution in [1.29, 1.82) is 0 Å². The van der Waals surface area contributed by atoms with Gasteiger partial charge in [0, 0.05) is 44.5 Å². The molecule has 10 heteroatoms. The van der Waals surface area contributed by atoms with E-state index in [2.05, 4.69) is 20.4 Å². The smallest absolute Gasteiger partial charge is 0.381 e. The largest absolute Gasteiger partial charge is 0.420 e. The van der Waals surface area contributed by atoms with E-state index in [0.717, 1.165) is 82.8 Å². The second-order valence-corrected chi connectivity index (χ2v) is 9.72. The SMILES string of the molecule is Fc1ccc(F)c(-c2cc(C(F)(F)F)c(N[C@@H]3C[C@@H]4CN(CC5CCOCC5)C[C@@H]4C3)nn2)c1. The molecule has 34 heavy (non-hydrogen) atoms. The standard InChI is InChI=1S/C24H27F5N4O/c25-17-1-2-21(26)19(9-17)22-10-20(24(27,28)29)23(32-31-22)30-18-7-15-12-33(13-16(15)8-18)11-14-3-5-34-6-4-14/h1-2,9-10,14-16,18H,3-8,11-13H2,(H,30,32)/t15-,16+,18-. The van der Waals surface area contributed by atoms with Crippen molar-refractivity contribution in [3.8, 4) is 11.3 Å². The van der Waals surface area contributed by atoms with Crippen molar-refractivity contribution in [3.05, 3.63) is 41.5 Å². The topological polar surface area (TPSA) is 50.3 Å². The minimum absolute atomic E-state index is 0.132. The summed E-state index contributed by atoms with van der Waals surface area (Å²) in [5.74, 6) is -0.443. The summed E-state index contributed by atoms with van der Waals surface area (Å²) < 4.78 is 74.5. The van der Waals surface area contributed by atoms with E-state index in [1.54, 1.807) is 0 Å². The second-order valence-electron chi connectivity index (χ2n) is 9.72. The Morgan fingerprint density at radius 2 is 1.71 bits per heavy atom. The van der Waals surface area contributed by atoms with E-state index in [4.69, 9.17) is 4.74 Å². The summed E-state index contributed by atoms with van der Waals surface area (Å²) in [6, 6.07) is 3.17. The van der Waals surface area contributed by atoms with Crippen LogP contribution >= 0.6 is 0 Å². The number of hydrogen-bond acceptors (Lipinski definition) is 5. The fourth-order valence-electron chi connectivity index (χ4n) is 5.69. The molecular formula is C24H27F5N4O. The predicted molar refractivity (Wildman–Crippen MR) is 116 cm³/mol. The van der Waals surface area contributed by atoms with Gasteiger partial charge in [-0.1, -0.05) is 0 Å². The summed E-state index contributed by atoms with van der Waals surface area (Å²) in [6.45, 7) is 4.65. The molecule has 3 fully saturated rings. The van der Waals surface area contributed by atoms with Crippen molar-refractivity contribution < 1.29 is 26.7 Å². The number of ether oxygens (including phenoxy) is 1. The fraction of sp³-hybridized carbons (Fsp3) is 0.583. The zero-order valence-corrected chi connectivity index (χ0v) is 18.6. The molecule has 1 N–H and O–H groups in total. The third-order valence-electron chi connectivity index (χ3n) is 7.33. The van der Waals surface area contributed by atoms with E-state index in [0.29, 0.717) is 17.8 Å². The highest BCUT2D eigenvalue weighted by molar-refractivity contribution is 5.63. The molecule has 2 aliphatic heterocycles. The van der Waals surface area contributed by atoms with Gasteiger partial charge in [0.25, 0.3) is 0 Å². The van der Waals surface area contributed by atoms with Crippen LogP contribution in [0.25, 0.3) is 11.3 Å². The average Bonchev–Trinajstić information content (AvgIpc) is 3.33. The maximum absolute atomic E-state index is 14.1. The van der Waals surface area contributed by atoms with Crippen LogP contribution in [0.2, 0.25) is 0 Å². The number of hydrogen-bond donors (Lipinski definition) is 1. The van der Waals surface area contributed by atoms with E-state index < -0.39 is 23.4 Å².